The SMILES string of the molecule is COC(CNC(=O)C(=O)NC(C)C)c1cccc(F)c1. The Morgan fingerprint density at radius 3 is 2.55 bits per heavy atom. The maximum absolute atomic E-state index is 13.1. The van der Waals surface area contributed by atoms with Gasteiger partial charge in [-0.05, 0) is 31.5 Å². The third-order valence-electron chi connectivity index (χ3n) is 2.58. The van der Waals surface area contributed by atoms with Crippen LogP contribution < -0.4 is 10.6 Å². The fourth-order valence-electron chi connectivity index (χ4n) is 1.64. The molecule has 0 aliphatic rings. The third-order valence-corrected chi connectivity index (χ3v) is 2.58. The first kappa shape index (κ1) is 16.1. The summed E-state index contributed by atoms with van der Waals surface area (Å²) < 4.78 is 18.3. The lowest BCUT2D eigenvalue weighted by atomic mass is 10.1. The van der Waals surface area contributed by atoms with E-state index in [2.05, 4.69) is 10.6 Å². The second kappa shape index (κ2) is 7.59. The van der Waals surface area contributed by atoms with E-state index in [4.69, 9.17) is 4.74 Å². The largest absolute Gasteiger partial charge is 0.375 e. The Bertz CT molecular complexity index is 477. The summed E-state index contributed by atoms with van der Waals surface area (Å²) in [5, 5.41) is 4.94. The van der Waals surface area contributed by atoms with Crippen LogP contribution in [0.15, 0.2) is 24.3 Å². The van der Waals surface area contributed by atoms with Crippen LogP contribution in [0.1, 0.15) is 25.5 Å². The number of rotatable bonds is 5. The maximum atomic E-state index is 13.1. The van der Waals surface area contributed by atoms with Crippen molar-refractivity contribution in [1.29, 1.82) is 0 Å². The van der Waals surface area contributed by atoms with Crippen molar-refractivity contribution in [1.82, 2.24) is 10.6 Å². The second-order valence-electron chi connectivity index (χ2n) is 4.62. The minimum absolute atomic E-state index is 0.0876. The van der Waals surface area contributed by atoms with Crippen molar-refractivity contribution < 1.29 is 18.7 Å². The Kier molecular flexibility index (Phi) is 6.11. The number of hydrogen-bond donors (Lipinski definition) is 2. The van der Waals surface area contributed by atoms with Crippen LogP contribution >= 0.6 is 0 Å². The van der Waals surface area contributed by atoms with Crippen molar-refractivity contribution in [2.45, 2.75) is 26.0 Å². The van der Waals surface area contributed by atoms with Crippen LogP contribution in [-0.2, 0) is 14.3 Å². The molecule has 0 aromatic heterocycles. The predicted molar refractivity (Wildman–Crippen MR) is 72.4 cm³/mol. The lowest BCUT2D eigenvalue weighted by Crippen LogP contribution is -2.43. The van der Waals surface area contributed by atoms with E-state index >= 15 is 0 Å². The maximum Gasteiger partial charge on any atom is 0.309 e. The molecule has 0 fully saturated rings. The molecule has 0 aliphatic heterocycles. The average molecular weight is 282 g/mol. The van der Waals surface area contributed by atoms with Gasteiger partial charge < -0.3 is 15.4 Å². The van der Waals surface area contributed by atoms with E-state index in [1.54, 1.807) is 26.0 Å². The summed E-state index contributed by atoms with van der Waals surface area (Å²) in [4.78, 5) is 23.0. The minimum atomic E-state index is -0.739. The molecule has 0 saturated carbocycles. The molecule has 20 heavy (non-hydrogen) atoms. The molecule has 1 rings (SSSR count). The molecular formula is C14H19FN2O3. The van der Waals surface area contributed by atoms with Gasteiger partial charge in [-0.15, -0.1) is 0 Å². The molecule has 0 heterocycles. The standard InChI is InChI=1S/C14H19FN2O3/c1-9(2)17-14(19)13(18)16-8-12(20-3)10-5-4-6-11(15)7-10/h4-7,9,12H,8H2,1-3H3,(H,16,18)(H,17,19). The molecule has 1 aromatic carbocycles. The molecule has 110 valence electrons. The topological polar surface area (TPSA) is 67.4 Å². The molecule has 1 atom stereocenters. The van der Waals surface area contributed by atoms with Crippen LogP contribution in [0.5, 0.6) is 0 Å². The van der Waals surface area contributed by atoms with Crippen molar-refractivity contribution >= 4 is 11.8 Å². The summed E-state index contributed by atoms with van der Waals surface area (Å²) in [6.07, 6.45) is -0.513. The first-order chi connectivity index (χ1) is 9.43. The summed E-state index contributed by atoms with van der Waals surface area (Å²) in [5.41, 5.74) is 0.595. The minimum Gasteiger partial charge on any atom is -0.375 e. The fraction of sp³-hybridized carbons (Fsp3) is 0.429. The van der Waals surface area contributed by atoms with Crippen LogP contribution in [0, 0.1) is 5.82 Å². The van der Waals surface area contributed by atoms with E-state index in [1.807, 2.05) is 0 Å². The monoisotopic (exact) mass is 282 g/mol. The van der Waals surface area contributed by atoms with Gasteiger partial charge in [-0.2, -0.15) is 0 Å². The molecule has 1 aromatic rings. The number of methoxy groups -OCH3 is 1. The van der Waals surface area contributed by atoms with Gasteiger partial charge in [0.15, 0.2) is 0 Å². The lowest BCUT2D eigenvalue weighted by Gasteiger charge is -2.16. The zero-order valence-corrected chi connectivity index (χ0v) is 11.8. The molecule has 0 radical (unpaired) electrons. The van der Waals surface area contributed by atoms with E-state index < -0.39 is 17.9 Å². The van der Waals surface area contributed by atoms with Crippen LogP contribution in [0.25, 0.3) is 0 Å². The Morgan fingerprint density at radius 2 is 2.00 bits per heavy atom. The van der Waals surface area contributed by atoms with Gasteiger partial charge in [0, 0.05) is 19.7 Å². The van der Waals surface area contributed by atoms with E-state index in [0.717, 1.165) is 0 Å². The first-order valence-electron chi connectivity index (χ1n) is 6.31. The van der Waals surface area contributed by atoms with Gasteiger partial charge in [0.25, 0.3) is 0 Å². The first-order valence-corrected chi connectivity index (χ1v) is 6.31. The number of nitrogens with one attached hydrogen (secondary N) is 2. The van der Waals surface area contributed by atoms with E-state index in [-0.39, 0.29) is 18.4 Å². The Labute approximate surface area is 117 Å². The van der Waals surface area contributed by atoms with Crippen LogP contribution in [0.3, 0.4) is 0 Å². The lowest BCUT2D eigenvalue weighted by molar-refractivity contribution is -0.139. The Balaban J connectivity index is 2.58. The quantitative estimate of drug-likeness (QED) is 0.796. The van der Waals surface area contributed by atoms with Crippen molar-refractivity contribution in [2.75, 3.05) is 13.7 Å². The number of carbonyl (C=O) groups excluding carboxylic acids is 2. The molecule has 5 nitrogen and oxygen atoms in total. The molecule has 0 saturated heterocycles. The van der Waals surface area contributed by atoms with E-state index in [9.17, 15) is 14.0 Å². The van der Waals surface area contributed by atoms with Gasteiger partial charge in [-0.1, -0.05) is 12.1 Å². The van der Waals surface area contributed by atoms with Gasteiger partial charge in [0.1, 0.15) is 5.82 Å². The zero-order chi connectivity index (χ0) is 15.1. The number of benzene rings is 1. The van der Waals surface area contributed by atoms with E-state index in [1.165, 1.54) is 19.2 Å². The molecular weight excluding hydrogens is 263 g/mol. The summed E-state index contributed by atoms with van der Waals surface area (Å²) in [5.74, 6) is -1.82. The highest BCUT2D eigenvalue weighted by Crippen LogP contribution is 2.16. The highest BCUT2D eigenvalue weighted by Gasteiger charge is 2.17. The molecule has 2 amide bonds. The van der Waals surface area contributed by atoms with Gasteiger partial charge in [0.05, 0.1) is 6.10 Å². The van der Waals surface area contributed by atoms with Gasteiger partial charge in [-0.3, -0.25) is 9.59 Å². The number of halogens is 1. The van der Waals surface area contributed by atoms with Crippen LogP contribution in [0.2, 0.25) is 0 Å². The molecule has 0 bridgehead atoms. The molecule has 0 aliphatic carbocycles. The molecule has 0 spiro atoms. The molecule has 1 unspecified atom stereocenters. The van der Waals surface area contributed by atoms with Crippen LogP contribution in [-0.4, -0.2) is 31.5 Å². The highest BCUT2D eigenvalue weighted by molar-refractivity contribution is 6.35. The normalized spacial score (nSPS) is 12.1. The van der Waals surface area contributed by atoms with Gasteiger partial charge >= 0.3 is 11.8 Å². The Hall–Kier alpha value is -1.95. The third kappa shape index (κ3) is 4.97. The number of carbonyl (C=O) groups is 2. The smallest absolute Gasteiger partial charge is 0.309 e. The molecule has 6 heteroatoms. The van der Waals surface area contributed by atoms with Crippen molar-refractivity contribution in [2.24, 2.45) is 0 Å². The summed E-state index contributed by atoms with van der Waals surface area (Å²) in [7, 11) is 1.45. The fourth-order valence-corrected chi connectivity index (χ4v) is 1.64. The van der Waals surface area contributed by atoms with Gasteiger partial charge in [0.2, 0.25) is 0 Å². The van der Waals surface area contributed by atoms with Crippen molar-refractivity contribution in [3.8, 4) is 0 Å². The molecule has 2 N–H and O–H groups in total. The predicted octanol–water partition coefficient (Wildman–Crippen LogP) is 1.15. The summed E-state index contributed by atoms with van der Waals surface area (Å²) in [6.45, 7) is 3.61. The van der Waals surface area contributed by atoms with Crippen molar-refractivity contribution in [3.05, 3.63) is 35.6 Å². The van der Waals surface area contributed by atoms with E-state index in [0.29, 0.717) is 5.56 Å². The Morgan fingerprint density at radius 1 is 1.30 bits per heavy atom. The number of amides is 2. The summed E-state index contributed by atoms with van der Waals surface area (Å²) >= 11 is 0. The highest BCUT2D eigenvalue weighted by atomic mass is 19.1. The average Bonchev–Trinajstić information content (AvgIpc) is 2.38. The van der Waals surface area contributed by atoms with Crippen LogP contribution in [0.4, 0.5) is 4.39 Å². The van der Waals surface area contributed by atoms with Gasteiger partial charge in [-0.25, -0.2) is 4.39 Å². The second-order valence-corrected chi connectivity index (χ2v) is 4.62. The zero-order valence-electron chi connectivity index (χ0n) is 11.8. The van der Waals surface area contributed by atoms with Crippen molar-refractivity contribution in [3.63, 3.8) is 0 Å². The summed E-state index contributed by atoms with van der Waals surface area (Å²) in [6, 6.07) is 5.79. The number of ether oxygens (including phenoxy) is 1. The number of hydrogen-bond acceptors (Lipinski definition) is 3.